The third kappa shape index (κ3) is 29.2. The number of amides is 8. The second-order valence-corrected chi connectivity index (χ2v) is 21.1. The molecule has 0 saturated carbocycles. The number of H-pyrrole nitrogens is 1. The first kappa shape index (κ1) is 65.9. The van der Waals surface area contributed by atoms with E-state index in [0.29, 0.717) is 31.4 Å². The number of rotatable bonds is 44. The number of aliphatic hydroxyl groups is 1. The molecule has 0 aromatic carbocycles. The fourth-order valence-corrected chi connectivity index (χ4v) is 9.44. The lowest BCUT2D eigenvalue weighted by Gasteiger charge is -2.26. The Morgan fingerprint density at radius 3 is 1.79 bits per heavy atom. The van der Waals surface area contributed by atoms with Crippen molar-refractivity contribution in [3.8, 4) is 0 Å². The van der Waals surface area contributed by atoms with Gasteiger partial charge in [-0.25, -0.2) is 8.42 Å². The molecular formula is C49H84N14O12S. The minimum atomic E-state index is -3.78. The maximum absolute atomic E-state index is 13.8. The van der Waals surface area contributed by atoms with Crippen molar-refractivity contribution in [2.75, 3.05) is 38.2 Å². The van der Waals surface area contributed by atoms with Gasteiger partial charge in [-0.05, 0) is 32.1 Å². The summed E-state index contributed by atoms with van der Waals surface area (Å²) in [4.78, 5) is 120. The summed E-state index contributed by atoms with van der Waals surface area (Å²) in [5.74, 6) is -7.25. The molecule has 1 aliphatic heterocycles. The van der Waals surface area contributed by atoms with E-state index in [9.17, 15) is 56.7 Å². The molecule has 2 heterocycles. The zero-order valence-corrected chi connectivity index (χ0v) is 45.2. The number of hydrogen-bond acceptors (Lipinski definition) is 17. The van der Waals surface area contributed by atoms with Crippen molar-refractivity contribution < 1.29 is 56.7 Å². The molecular weight excluding hydrogens is 1010 g/mol. The number of nitrogens with one attached hydrogen (secondary N) is 8. The van der Waals surface area contributed by atoms with Crippen molar-refractivity contribution in [2.24, 2.45) is 16.5 Å². The monoisotopic (exact) mass is 1090 g/mol. The van der Waals surface area contributed by atoms with Gasteiger partial charge in [-0.1, -0.05) is 102 Å². The minimum absolute atomic E-state index is 0.114. The molecule has 428 valence electrons. The number of hydrogen-bond donors (Lipinski definition) is 11. The summed E-state index contributed by atoms with van der Waals surface area (Å²) in [6.45, 7) is -0.115. The van der Waals surface area contributed by atoms with Crippen LogP contribution in [0.4, 0.5) is 0 Å². The predicted molar refractivity (Wildman–Crippen MR) is 282 cm³/mol. The molecule has 0 saturated heterocycles. The molecule has 0 radical (unpaired) electrons. The number of primary amides is 1. The molecule has 8 amide bonds. The lowest BCUT2D eigenvalue weighted by Crippen LogP contribution is -2.60. The van der Waals surface area contributed by atoms with E-state index < -0.39 is 118 Å². The molecule has 1 aromatic heterocycles. The molecule has 13 N–H and O–H groups in total. The molecule has 0 fully saturated rings. The lowest BCUT2D eigenvalue weighted by molar-refractivity contribution is -0.135. The molecule has 0 spiro atoms. The maximum atomic E-state index is 13.8. The Hall–Kier alpha value is -6.22. The van der Waals surface area contributed by atoms with Crippen molar-refractivity contribution >= 4 is 69.1 Å². The number of unbranched alkanes of at least 4 members (excludes halogenated alkanes) is 13. The number of aryl methyl sites for hydroxylation is 1. The van der Waals surface area contributed by atoms with Gasteiger partial charge in [-0.2, -0.15) is 5.21 Å². The summed E-state index contributed by atoms with van der Waals surface area (Å²) in [7, 11) is -2.36. The van der Waals surface area contributed by atoms with E-state index in [0.717, 1.165) is 57.2 Å². The third-order valence-corrected chi connectivity index (χ3v) is 14.1. The van der Waals surface area contributed by atoms with Crippen LogP contribution >= 0.6 is 0 Å². The van der Waals surface area contributed by atoms with Crippen molar-refractivity contribution in [1.82, 2.24) is 57.8 Å². The largest absolute Gasteiger partial charge is 0.394 e. The number of allylic oxidation sites excluding steroid dienone is 1. The minimum Gasteiger partial charge on any atom is -0.394 e. The lowest BCUT2D eigenvalue weighted by atomic mass is 10.0. The van der Waals surface area contributed by atoms with Crippen LogP contribution in [0.15, 0.2) is 16.8 Å². The highest BCUT2D eigenvalue weighted by molar-refractivity contribution is 7.92. The van der Waals surface area contributed by atoms with E-state index in [1.807, 2.05) is 6.92 Å². The Balaban J connectivity index is 1.78. The topological polar surface area (TPSA) is 411 Å². The number of aliphatic imine (C=N–C) groups is 1. The van der Waals surface area contributed by atoms with Crippen LogP contribution in [-0.4, -0.2) is 162 Å². The molecule has 1 aromatic rings. The first-order valence-electron chi connectivity index (χ1n) is 26.7. The standard InChI is InChI=1S/C49H84N14O12S/c1-3-4-22-36(45(69)52-2)56-48(72)39(30-50)59-47(71)38(29-34-20-18-27-53-34)58-46(70)37(25-26-41(51)66)57-49(73)40(32-64)55-44(68)31-54-43(67)24-19-28-76(74,75)33-35(65)21-16-14-12-10-8-6-5-7-9-11-13-15-17-23-42-60-62-63-61-42/h20,27,36-40,64H,3-19,21-26,28-33,50H2,1-2H3,(H2,51,66)(H,52,69)(H,54,67)(H,55,68)(H,56,72)(H,57,73)(H,58,70)(H,59,71)(H,60,61,62,63)/t36-,37-,38-,39-,40-/m0/s1. The first-order chi connectivity index (χ1) is 36.4. The molecule has 27 heteroatoms. The second kappa shape index (κ2) is 38.3. The quantitative estimate of drug-likeness (QED) is 0.0364. The number of nitrogens with two attached hydrogens (primary N) is 2. The van der Waals surface area contributed by atoms with E-state index >= 15 is 0 Å². The van der Waals surface area contributed by atoms with Gasteiger partial charge in [0.25, 0.3) is 0 Å². The van der Waals surface area contributed by atoms with Crippen LogP contribution in [0.25, 0.3) is 0 Å². The van der Waals surface area contributed by atoms with E-state index in [4.69, 9.17) is 11.5 Å². The fraction of sp³-hybridized carbons (Fsp3) is 0.735. The Kier molecular flexibility index (Phi) is 33.2. The molecule has 0 bridgehead atoms. The van der Waals surface area contributed by atoms with Crippen LogP contribution in [0.1, 0.15) is 160 Å². The van der Waals surface area contributed by atoms with Gasteiger partial charge >= 0.3 is 0 Å². The molecule has 0 unspecified atom stereocenters. The maximum Gasteiger partial charge on any atom is 0.245 e. The number of sulfone groups is 1. The van der Waals surface area contributed by atoms with E-state index in [2.05, 4.69) is 62.8 Å². The average Bonchev–Trinajstić information content (AvgIpc) is 4.12. The van der Waals surface area contributed by atoms with Gasteiger partial charge in [0, 0.05) is 64.0 Å². The van der Waals surface area contributed by atoms with Gasteiger partial charge in [-0.15, -0.1) is 10.2 Å². The summed E-state index contributed by atoms with van der Waals surface area (Å²) >= 11 is 0. The number of carbonyl (C=O) groups is 9. The molecule has 1 aliphatic rings. The van der Waals surface area contributed by atoms with Gasteiger partial charge in [0.15, 0.2) is 15.7 Å². The van der Waals surface area contributed by atoms with E-state index in [1.54, 1.807) is 12.3 Å². The number of tetrazole rings is 1. The van der Waals surface area contributed by atoms with Crippen molar-refractivity contribution in [3.63, 3.8) is 0 Å². The zero-order valence-electron chi connectivity index (χ0n) is 44.3. The predicted octanol–water partition coefficient (Wildman–Crippen LogP) is -0.591. The smallest absolute Gasteiger partial charge is 0.245 e. The van der Waals surface area contributed by atoms with Crippen LogP contribution in [-0.2, 0) is 59.4 Å². The highest BCUT2D eigenvalue weighted by Crippen LogP contribution is 2.16. The average molecular weight is 1090 g/mol. The summed E-state index contributed by atoms with van der Waals surface area (Å²) in [5, 5.41) is 40.9. The number of carbonyl (C=O) groups excluding carboxylic acids is 9. The summed E-state index contributed by atoms with van der Waals surface area (Å²) in [5.41, 5.74) is 11.6. The number of nitrogens with zero attached hydrogens (tertiary/aromatic N) is 4. The summed E-state index contributed by atoms with van der Waals surface area (Å²) in [6, 6.07) is -6.88. The first-order valence-corrected chi connectivity index (χ1v) is 28.5. The molecule has 26 nitrogen and oxygen atoms in total. The molecule has 0 aliphatic carbocycles. The highest BCUT2D eigenvalue weighted by Gasteiger charge is 2.33. The van der Waals surface area contributed by atoms with Gasteiger partial charge in [-0.3, -0.25) is 48.1 Å². The second-order valence-electron chi connectivity index (χ2n) is 18.9. The summed E-state index contributed by atoms with van der Waals surface area (Å²) in [6.07, 6.45) is 19.2. The summed E-state index contributed by atoms with van der Waals surface area (Å²) < 4.78 is 25.2. The van der Waals surface area contributed by atoms with Crippen LogP contribution in [0.5, 0.6) is 0 Å². The van der Waals surface area contributed by atoms with Crippen LogP contribution in [0.3, 0.4) is 0 Å². The van der Waals surface area contributed by atoms with Gasteiger partial charge in [0.05, 0.1) is 18.9 Å². The Morgan fingerprint density at radius 1 is 0.671 bits per heavy atom. The normalized spacial score (nSPS) is 14.0. The van der Waals surface area contributed by atoms with E-state index in [-0.39, 0.29) is 44.4 Å². The van der Waals surface area contributed by atoms with Crippen LogP contribution in [0.2, 0.25) is 0 Å². The number of aliphatic hydroxyl groups excluding tert-OH is 1. The number of likely N-dealkylation sites (N-methyl/N-ethyl adjacent to an activating group) is 1. The highest BCUT2D eigenvalue weighted by atomic mass is 32.2. The molecule has 2 rings (SSSR count). The van der Waals surface area contributed by atoms with Gasteiger partial charge in [0.1, 0.15) is 41.7 Å². The van der Waals surface area contributed by atoms with Crippen molar-refractivity contribution in [3.05, 3.63) is 17.6 Å². The number of Topliss-reactive ketones (excluding diaryl/α,β-unsaturated/α-hetero) is 1. The van der Waals surface area contributed by atoms with E-state index in [1.165, 1.54) is 45.6 Å². The van der Waals surface area contributed by atoms with Crippen molar-refractivity contribution in [2.45, 2.75) is 191 Å². The molecule has 76 heavy (non-hydrogen) atoms. The SMILES string of the molecule is CCCC[C@H](NC(=O)[C@H](CN)NC(=O)[C@H](CC1=CCC=N1)NC(=O)[C@H](CCC(N)=O)NC(=O)[C@H](CO)NC(=O)CNC(=O)CCCS(=O)(=O)CC(=O)CCCCCCCCCCCCCCCc1nn[nH]n1)C(=O)NC. The Labute approximate surface area is 445 Å². The van der Waals surface area contributed by atoms with Crippen LogP contribution < -0.4 is 48.7 Å². The van der Waals surface area contributed by atoms with Crippen molar-refractivity contribution in [1.29, 1.82) is 0 Å². The van der Waals surface area contributed by atoms with Gasteiger partial charge < -0.3 is 53.8 Å². The Bertz CT molecular complexity index is 2160. The zero-order chi connectivity index (χ0) is 56.1. The number of aromatic amines is 1. The number of aromatic nitrogens is 4. The molecule has 5 atom stereocenters. The van der Waals surface area contributed by atoms with Crippen LogP contribution in [0, 0.1) is 0 Å². The number of ketones is 1. The van der Waals surface area contributed by atoms with Gasteiger partial charge in [0.2, 0.25) is 47.3 Å². The third-order valence-electron chi connectivity index (χ3n) is 12.4. The fourth-order valence-electron chi connectivity index (χ4n) is 8.08. The Morgan fingerprint density at radius 2 is 1.24 bits per heavy atom.